The third-order valence-electron chi connectivity index (χ3n) is 2.65. The fourth-order valence-electron chi connectivity index (χ4n) is 1.43. The van der Waals surface area contributed by atoms with Crippen LogP contribution in [0, 0.1) is 13.8 Å². The van der Waals surface area contributed by atoms with E-state index in [2.05, 4.69) is 0 Å². The minimum absolute atomic E-state index is 0.0180. The number of hydrogen-bond donors (Lipinski definition) is 0. The lowest BCUT2D eigenvalue weighted by Crippen LogP contribution is -2.13. The Hall–Kier alpha value is -1.12. The molecule has 1 aromatic rings. The van der Waals surface area contributed by atoms with Crippen LogP contribution in [0.2, 0.25) is 0 Å². The average molecular weight is 214 g/mol. The van der Waals surface area contributed by atoms with Gasteiger partial charge in [-0.2, -0.15) is 0 Å². The molecule has 0 aliphatic carbocycles. The quantitative estimate of drug-likeness (QED) is 0.743. The molecule has 3 heteroatoms. The van der Waals surface area contributed by atoms with Gasteiger partial charge in [-0.05, 0) is 37.1 Å². The third-order valence-corrected chi connectivity index (χ3v) is 2.65. The molecule has 0 bridgehead atoms. The first kappa shape index (κ1) is 12.0. The molecule has 0 aliphatic heterocycles. The van der Waals surface area contributed by atoms with Crippen LogP contribution in [0.25, 0.3) is 0 Å². The molecule has 84 valence electrons. The first-order valence-electron chi connectivity index (χ1n) is 4.96. The smallest absolute Gasteiger partial charge is 0.276 e. The predicted molar refractivity (Wildman–Crippen MR) is 56.7 cm³/mol. The van der Waals surface area contributed by atoms with Crippen molar-refractivity contribution in [1.29, 1.82) is 0 Å². The van der Waals surface area contributed by atoms with Crippen molar-refractivity contribution in [3.63, 3.8) is 0 Å². The SMILES string of the molecule is CCC(F)(F)c1cc(C)c(C)cc1OC. The van der Waals surface area contributed by atoms with Crippen molar-refractivity contribution in [3.05, 3.63) is 28.8 Å². The Kier molecular flexibility index (Phi) is 3.32. The molecule has 1 rings (SSSR count). The van der Waals surface area contributed by atoms with Crippen molar-refractivity contribution in [2.75, 3.05) is 7.11 Å². The summed E-state index contributed by atoms with van der Waals surface area (Å²) in [5.41, 5.74) is 1.80. The van der Waals surface area contributed by atoms with E-state index in [9.17, 15) is 8.78 Å². The summed E-state index contributed by atoms with van der Waals surface area (Å²) < 4.78 is 32.1. The number of hydrogen-bond acceptors (Lipinski definition) is 1. The third kappa shape index (κ3) is 2.28. The Bertz CT molecular complexity index is 359. The van der Waals surface area contributed by atoms with Crippen molar-refractivity contribution in [2.45, 2.75) is 33.1 Å². The zero-order chi connectivity index (χ0) is 11.6. The van der Waals surface area contributed by atoms with Crippen LogP contribution in [0.4, 0.5) is 8.78 Å². The normalized spacial score (nSPS) is 11.6. The molecular formula is C12H16F2O. The molecule has 0 fully saturated rings. The van der Waals surface area contributed by atoms with E-state index in [1.807, 2.05) is 13.8 Å². The molecule has 0 heterocycles. The van der Waals surface area contributed by atoms with Crippen molar-refractivity contribution >= 4 is 0 Å². The highest BCUT2D eigenvalue weighted by Crippen LogP contribution is 2.38. The molecule has 0 aliphatic rings. The maximum Gasteiger partial charge on any atom is 0.276 e. The van der Waals surface area contributed by atoms with E-state index in [4.69, 9.17) is 4.74 Å². The molecule has 15 heavy (non-hydrogen) atoms. The number of rotatable bonds is 3. The molecule has 0 unspecified atom stereocenters. The average Bonchev–Trinajstić information content (AvgIpc) is 2.21. The fraction of sp³-hybridized carbons (Fsp3) is 0.500. The van der Waals surface area contributed by atoms with Gasteiger partial charge >= 0.3 is 0 Å². The molecule has 0 aromatic heterocycles. The molecule has 0 amide bonds. The summed E-state index contributed by atoms with van der Waals surface area (Å²) >= 11 is 0. The van der Waals surface area contributed by atoms with E-state index in [1.54, 1.807) is 6.07 Å². The summed E-state index contributed by atoms with van der Waals surface area (Å²) in [7, 11) is 1.42. The van der Waals surface area contributed by atoms with Crippen molar-refractivity contribution < 1.29 is 13.5 Å². The largest absolute Gasteiger partial charge is 0.496 e. The first-order chi connectivity index (χ1) is 6.92. The van der Waals surface area contributed by atoms with Gasteiger partial charge in [0.15, 0.2) is 0 Å². The maximum atomic E-state index is 13.6. The maximum absolute atomic E-state index is 13.6. The fourth-order valence-corrected chi connectivity index (χ4v) is 1.43. The summed E-state index contributed by atoms with van der Waals surface area (Å²) in [5, 5.41) is 0. The lowest BCUT2D eigenvalue weighted by molar-refractivity contribution is -0.0105. The van der Waals surface area contributed by atoms with E-state index >= 15 is 0 Å². The molecule has 0 spiro atoms. The van der Waals surface area contributed by atoms with Crippen LogP contribution >= 0.6 is 0 Å². The van der Waals surface area contributed by atoms with Crippen molar-refractivity contribution in [1.82, 2.24) is 0 Å². The zero-order valence-electron chi connectivity index (χ0n) is 9.53. The summed E-state index contributed by atoms with van der Waals surface area (Å²) in [5.74, 6) is -2.55. The molecule has 1 aromatic carbocycles. The van der Waals surface area contributed by atoms with Gasteiger partial charge in [0.2, 0.25) is 0 Å². The van der Waals surface area contributed by atoms with Gasteiger partial charge in [-0.25, -0.2) is 8.78 Å². The topological polar surface area (TPSA) is 9.23 Å². The summed E-state index contributed by atoms with van der Waals surface area (Å²) in [4.78, 5) is 0. The number of aryl methyl sites for hydroxylation is 2. The second kappa shape index (κ2) is 4.17. The number of halogens is 2. The van der Waals surface area contributed by atoms with Gasteiger partial charge in [0.25, 0.3) is 5.92 Å². The summed E-state index contributed by atoms with van der Waals surface area (Å²) in [6.45, 7) is 5.17. The van der Waals surface area contributed by atoms with Crippen LogP contribution in [-0.2, 0) is 5.92 Å². The lowest BCUT2D eigenvalue weighted by Gasteiger charge is -2.19. The molecule has 0 radical (unpaired) electrons. The Morgan fingerprint density at radius 3 is 2.20 bits per heavy atom. The monoisotopic (exact) mass is 214 g/mol. The minimum Gasteiger partial charge on any atom is -0.496 e. The van der Waals surface area contributed by atoms with Gasteiger partial charge in [0.1, 0.15) is 5.75 Å². The standard InChI is InChI=1S/C12H16F2O/c1-5-12(13,14)10-6-8(2)9(3)7-11(10)15-4/h6-7H,5H2,1-4H3. The minimum atomic E-state index is -2.82. The molecule has 0 N–H and O–H groups in total. The number of ether oxygens (including phenoxy) is 1. The van der Waals surface area contributed by atoms with Gasteiger partial charge < -0.3 is 4.74 Å². The number of benzene rings is 1. The van der Waals surface area contributed by atoms with Gasteiger partial charge in [0.05, 0.1) is 12.7 Å². The van der Waals surface area contributed by atoms with Crippen LogP contribution in [0.3, 0.4) is 0 Å². The Morgan fingerprint density at radius 1 is 1.20 bits per heavy atom. The molecule has 1 nitrogen and oxygen atoms in total. The summed E-state index contributed by atoms with van der Waals surface area (Å²) in [6, 6.07) is 3.17. The van der Waals surface area contributed by atoms with Gasteiger partial charge in [-0.1, -0.05) is 6.92 Å². The van der Waals surface area contributed by atoms with Gasteiger partial charge in [-0.15, -0.1) is 0 Å². The van der Waals surface area contributed by atoms with E-state index in [0.29, 0.717) is 0 Å². The highest BCUT2D eigenvalue weighted by molar-refractivity contribution is 5.44. The Balaban J connectivity index is 3.34. The van der Waals surface area contributed by atoms with Crippen LogP contribution in [-0.4, -0.2) is 7.11 Å². The van der Waals surface area contributed by atoms with Crippen molar-refractivity contribution in [2.24, 2.45) is 0 Å². The molecule has 0 saturated carbocycles. The molecule has 0 saturated heterocycles. The second-order valence-electron chi connectivity index (χ2n) is 3.69. The Labute approximate surface area is 89.1 Å². The first-order valence-corrected chi connectivity index (χ1v) is 4.96. The zero-order valence-corrected chi connectivity index (χ0v) is 9.53. The van der Waals surface area contributed by atoms with Crippen molar-refractivity contribution in [3.8, 4) is 5.75 Å². The van der Waals surface area contributed by atoms with E-state index in [1.165, 1.54) is 20.1 Å². The second-order valence-corrected chi connectivity index (χ2v) is 3.69. The number of alkyl halides is 2. The van der Waals surface area contributed by atoms with Crippen LogP contribution in [0.15, 0.2) is 12.1 Å². The molecular weight excluding hydrogens is 198 g/mol. The number of methoxy groups -OCH3 is 1. The van der Waals surface area contributed by atoms with Gasteiger partial charge in [-0.3, -0.25) is 0 Å². The Morgan fingerprint density at radius 2 is 1.73 bits per heavy atom. The van der Waals surface area contributed by atoms with E-state index in [0.717, 1.165) is 11.1 Å². The van der Waals surface area contributed by atoms with Crippen LogP contribution in [0.5, 0.6) is 5.75 Å². The van der Waals surface area contributed by atoms with Crippen LogP contribution in [0.1, 0.15) is 30.0 Å². The predicted octanol–water partition coefficient (Wildman–Crippen LogP) is 3.81. The molecule has 0 atom stereocenters. The van der Waals surface area contributed by atoms with E-state index < -0.39 is 5.92 Å². The summed E-state index contributed by atoms with van der Waals surface area (Å²) in [6.07, 6.45) is -0.216. The lowest BCUT2D eigenvalue weighted by atomic mass is 9.99. The van der Waals surface area contributed by atoms with Gasteiger partial charge in [0, 0.05) is 6.42 Å². The van der Waals surface area contributed by atoms with E-state index in [-0.39, 0.29) is 17.7 Å². The highest BCUT2D eigenvalue weighted by atomic mass is 19.3. The highest BCUT2D eigenvalue weighted by Gasteiger charge is 2.32. The van der Waals surface area contributed by atoms with Crippen LogP contribution < -0.4 is 4.74 Å².